The third-order valence-corrected chi connectivity index (χ3v) is 5.28. The highest BCUT2D eigenvalue weighted by Gasteiger charge is 2.26. The van der Waals surface area contributed by atoms with E-state index in [4.69, 9.17) is 4.74 Å². The van der Waals surface area contributed by atoms with Crippen molar-refractivity contribution in [3.8, 4) is 17.5 Å². The summed E-state index contributed by atoms with van der Waals surface area (Å²) >= 11 is 0. The summed E-state index contributed by atoms with van der Waals surface area (Å²) in [5, 5.41) is 10.3. The molecule has 1 aliphatic rings. The summed E-state index contributed by atoms with van der Waals surface area (Å²) in [6.07, 6.45) is -0.320. The lowest BCUT2D eigenvalue weighted by Crippen LogP contribution is -2.50. The molecule has 0 saturated carbocycles. The molecule has 0 bridgehead atoms. The molecule has 0 unspecified atom stereocenters. The quantitative estimate of drug-likeness (QED) is 0.666. The number of ether oxygens (including phenoxy) is 1. The van der Waals surface area contributed by atoms with E-state index < -0.39 is 5.60 Å². The number of aromatic nitrogens is 2. The van der Waals surface area contributed by atoms with Crippen LogP contribution in [0.15, 0.2) is 47.3 Å². The molecule has 164 valence electrons. The van der Waals surface area contributed by atoms with Crippen LogP contribution >= 0.6 is 0 Å². The standard InChI is InChI=1S/C24H25N5O3/c1-24(2,3)32-23(31)29-12-10-28(11-13-29)20-9-8-16(14-17(20)15-25)21-26-19-7-5-4-6-18(19)22(30)27-21/h4-9,14H,10-13H2,1-3H3,(H,26,27,30). The fourth-order valence-corrected chi connectivity index (χ4v) is 3.73. The van der Waals surface area contributed by atoms with E-state index in [2.05, 4.69) is 20.9 Å². The number of benzene rings is 2. The van der Waals surface area contributed by atoms with Crippen molar-refractivity contribution in [3.63, 3.8) is 0 Å². The lowest BCUT2D eigenvalue weighted by atomic mass is 10.1. The highest BCUT2D eigenvalue weighted by atomic mass is 16.6. The van der Waals surface area contributed by atoms with E-state index in [1.54, 1.807) is 29.2 Å². The topological polar surface area (TPSA) is 102 Å². The number of H-pyrrole nitrogens is 1. The number of fused-ring (bicyclic) bond motifs is 1. The number of piperazine rings is 1. The molecule has 0 aliphatic carbocycles. The van der Waals surface area contributed by atoms with Crippen molar-refractivity contribution < 1.29 is 9.53 Å². The predicted octanol–water partition coefficient (Wildman–Crippen LogP) is 3.52. The maximum atomic E-state index is 12.4. The molecular formula is C24H25N5O3. The molecule has 0 spiro atoms. The van der Waals surface area contributed by atoms with Crippen LogP contribution < -0.4 is 10.5 Å². The first-order valence-corrected chi connectivity index (χ1v) is 10.5. The van der Waals surface area contributed by atoms with E-state index in [1.807, 2.05) is 39.0 Å². The van der Waals surface area contributed by atoms with Gasteiger partial charge in [0.05, 0.1) is 22.2 Å². The second-order valence-electron chi connectivity index (χ2n) is 8.73. The van der Waals surface area contributed by atoms with Gasteiger partial charge in [0.1, 0.15) is 17.5 Å². The number of nitrogens with one attached hydrogen (secondary N) is 1. The molecule has 1 aromatic heterocycles. The van der Waals surface area contributed by atoms with Gasteiger partial charge in [-0.1, -0.05) is 12.1 Å². The molecule has 32 heavy (non-hydrogen) atoms. The van der Waals surface area contributed by atoms with Gasteiger partial charge in [0.15, 0.2) is 0 Å². The second kappa shape index (κ2) is 8.35. The first-order valence-electron chi connectivity index (χ1n) is 10.5. The maximum Gasteiger partial charge on any atom is 0.410 e. The largest absolute Gasteiger partial charge is 0.444 e. The third kappa shape index (κ3) is 4.42. The highest BCUT2D eigenvalue weighted by molar-refractivity contribution is 5.80. The Hall–Kier alpha value is -3.86. The SMILES string of the molecule is CC(C)(C)OC(=O)N1CCN(c2ccc(-c3nc4ccccc4c(=O)[nH]3)cc2C#N)CC1. The Kier molecular flexibility index (Phi) is 5.57. The van der Waals surface area contributed by atoms with Gasteiger partial charge in [0.2, 0.25) is 0 Å². The van der Waals surface area contributed by atoms with Gasteiger partial charge in [-0.2, -0.15) is 5.26 Å². The number of hydrogen-bond acceptors (Lipinski definition) is 6. The Balaban J connectivity index is 1.55. The second-order valence-corrected chi connectivity index (χ2v) is 8.73. The summed E-state index contributed by atoms with van der Waals surface area (Å²) in [7, 11) is 0. The zero-order chi connectivity index (χ0) is 22.9. The van der Waals surface area contributed by atoms with Gasteiger partial charge < -0.3 is 19.5 Å². The molecule has 1 saturated heterocycles. The predicted molar refractivity (Wildman–Crippen MR) is 123 cm³/mol. The number of nitriles is 1. The number of carbonyl (C=O) groups is 1. The normalized spacial score (nSPS) is 14.3. The lowest BCUT2D eigenvalue weighted by Gasteiger charge is -2.37. The maximum absolute atomic E-state index is 12.4. The Morgan fingerprint density at radius 3 is 2.53 bits per heavy atom. The molecule has 1 N–H and O–H groups in total. The first-order chi connectivity index (χ1) is 15.2. The van der Waals surface area contributed by atoms with Crippen molar-refractivity contribution in [2.24, 2.45) is 0 Å². The average Bonchev–Trinajstić information content (AvgIpc) is 2.77. The smallest absolute Gasteiger partial charge is 0.410 e. The Morgan fingerprint density at radius 2 is 1.84 bits per heavy atom. The number of rotatable bonds is 2. The van der Waals surface area contributed by atoms with E-state index in [1.165, 1.54) is 0 Å². The van der Waals surface area contributed by atoms with Crippen LogP contribution in [-0.4, -0.2) is 52.7 Å². The molecule has 1 fully saturated rings. The first kappa shape index (κ1) is 21.4. The minimum Gasteiger partial charge on any atom is -0.444 e. The van der Waals surface area contributed by atoms with Crippen LogP contribution in [0.3, 0.4) is 0 Å². The van der Waals surface area contributed by atoms with Gasteiger partial charge in [-0.15, -0.1) is 0 Å². The third-order valence-electron chi connectivity index (χ3n) is 5.28. The minimum absolute atomic E-state index is 0.216. The van der Waals surface area contributed by atoms with Crippen molar-refractivity contribution in [1.82, 2.24) is 14.9 Å². The highest BCUT2D eigenvalue weighted by Crippen LogP contribution is 2.27. The fourth-order valence-electron chi connectivity index (χ4n) is 3.73. The summed E-state index contributed by atoms with van der Waals surface area (Å²) in [6, 6.07) is 14.9. The summed E-state index contributed by atoms with van der Waals surface area (Å²) in [5.74, 6) is 0.423. The molecule has 0 radical (unpaired) electrons. The summed E-state index contributed by atoms with van der Waals surface area (Å²) in [4.78, 5) is 35.8. The Labute approximate surface area is 186 Å². The van der Waals surface area contributed by atoms with Gasteiger partial charge >= 0.3 is 6.09 Å². The molecule has 1 aliphatic heterocycles. The fraction of sp³-hybridized carbons (Fsp3) is 0.333. The summed E-state index contributed by atoms with van der Waals surface area (Å²) in [5.41, 5.74) is 1.81. The number of nitrogens with zero attached hydrogens (tertiary/aromatic N) is 4. The molecule has 8 heteroatoms. The Morgan fingerprint density at radius 1 is 1.12 bits per heavy atom. The van der Waals surface area contributed by atoms with Gasteiger partial charge in [0, 0.05) is 31.7 Å². The molecule has 3 aromatic rings. The molecule has 2 heterocycles. The Bertz CT molecular complexity index is 1260. The number of aromatic amines is 1. The van der Waals surface area contributed by atoms with E-state index in [0.29, 0.717) is 54.0 Å². The van der Waals surface area contributed by atoms with E-state index in [0.717, 1.165) is 5.69 Å². The van der Waals surface area contributed by atoms with Crippen LogP contribution in [-0.2, 0) is 4.74 Å². The van der Waals surface area contributed by atoms with Crippen LogP contribution in [0.5, 0.6) is 0 Å². The van der Waals surface area contributed by atoms with Crippen molar-refractivity contribution >= 4 is 22.7 Å². The molecule has 0 atom stereocenters. The number of anilines is 1. The average molecular weight is 431 g/mol. The molecule has 8 nitrogen and oxygen atoms in total. The van der Waals surface area contributed by atoms with E-state index in [9.17, 15) is 14.9 Å². The minimum atomic E-state index is -0.532. The van der Waals surface area contributed by atoms with Crippen LogP contribution in [0.1, 0.15) is 26.3 Å². The number of amides is 1. The van der Waals surface area contributed by atoms with Gasteiger partial charge in [-0.25, -0.2) is 9.78 Å². The number of para-hydroxylation sites is 1. The van der Waals surface area contributed by atoms with Gasteiger partial charge in [0.25, 0.3) is 5.56 Å². The lowest BCUT2D eigenvalue weighted by molar-refractivity contribution is 0.0240. The number of hydrogen-bond donors (Lipinski definition) is 1. The van der Waals surface area contributed by atoms with Crippen LogP contribution in [0.25, 0.3) is 22.3 Å². The number of carbonyl (C=O) groups excluding carboxylic acids is 1. The van der Waals surface area contributed by atoms with E-state index >= 15 is 0 Å². The zero-order valence-corrected chi connectivity index (χ0v) is 18.4. The zero-order valence-electron chi connectivity index (χ0n) is 18.4. The van der Waals surface area contributed by atoms with E-state index in [-0.39, 0.29) is 11.7 Å². The van der Waals surface area contributed by atoms with Crippen molar-refractivity contribution in [1.29, 1.82) is 5.26 Å². The van der Waals surface area contributed by atoms with Crippen molar-refractivity contribution in [2.75, 3.05) is 31.1 Å². The summed E-state index contributed by atoms with van der Waals surface area (Å²) < 4.78 is 5.45. The van der Waals surface area contributed by atoms with Crippen molar-refractivity contribution in [3.05, 3.63) is 58.4 Å². The van der Waals surface area contributed by atoms with Crippen LogP contribution in [0, 0.1) is 11.3 Å². The van der Waals surface area contributed by atoms with Gasteiger partial charge in [-0.3, -0.25) is 4.79 Å². The molecule has 1 amide bonds. The molecule has 4 rings (SSSR count). The summed E-state index contributed by atoms with van der Waals surface area (Å²) in [6.45, 7) is 7.76. The molecular weight excluding hydrogens is 406 g/mol. The van der Waals surface area contributed by atoms with Crippen LogP contribution in [0.4, 0.5) is 10.5 Å². The monoisotopic (exact) mass is 431 g/mol. The van der Waals surface area contributed by atoms with Crippen LogP contribution in [0.2, 0.25) is 0 Å². The molecule has 2 aromatic carbocycles. The van der Waals surface area contributed by atoms with Crippen molar-refractivity contribution in [2.45, 2.75) is 26.4 Å². The van der Waals surface area contributed by atoms with Gasteiger partial charge in [-0.05, 0) is 51.1 Å².